The summed E-state index contributed by atoms with van der Waals surface area (Å²) in [7, 11) is 0. The Labute approximate surface area is 117 Å². The number of rotatable bonds is 2. The zero-order chi connectivity index (χ0) is 13.2. The molecule has 1 N–H and O–H groups in total. The van der Waals surface area contributed by atoms with Gasteiger partial charge in [0.15, 0.2) is 0 Å². The number of ether oxygens (including phenoxy) is 1. The standard InChI is InChI=1S/C14H16ClN3O/c1-10-2-3-11(6-12(10)15)18-9-17-7-13(18)14-8-16-4-5-19-14/h2-3,6-7,9,14,16H,4-5,8H2,1H3. The smallest absolute Gasteiger partial charge is 0.112 e. The molecule has 1 aromatic carbocycles. The van der Waals surface area contributed by atoms with Gasteiger partial charge in [0.2, 0.25) is 0 Å². The third kappa shape index (κ3) is 2.52. The van der Waals surface area contributed by atoms with E-state index < -0.39 is 0 Å². The number of aryl methyl sites for hydroxylation is 1. The summed E-state index contributed by atoms with van der Waals surface area (Å²) >= 11 is 6.19. The summed E-state index contributed by atoms with van der Waals surface area (Å²) in [5, 5.41) is 4.09. The maximum atomic E-state index is 6.19. The van der Waals surface area contributed by atoms with Crippen molar-refractivity contribution in [3.8, 4) is 5.69 Å². The van der Waals surface area contributed by atoms with Crippen molar-refractivity contribution in [1.29, 1.82) is 0 Å². The zero-order valence-corrected chi connectivity index (χ0v) is 11.5. The summed E-state index contributed by atoms with van der Waals surface area (Å²) in [6, 6.07) is 6.02. The van der Waals surface area contributed by atoms with E-state index in [0.29, 0.717) is 0 Å². The van der Waals surface area contributed by atoms with Crippen LogP contribution in [0.2, 0.25) is 5.02 Å². The molecule has 1 atom stereocenters. The highest BCUT2D eigenvalue weighted by Crippen LogP contribution is 2.24. The van der Waals surface area contributed by atoms with Crippen molar-refractivity contribution < 1.29 is 4.74 Å². The van der Waals surface area contributed by atoms with Crippen LogP contribution in [0.4, 0.5) is 0 Å². The van der Waals surface area contributed by atoms with E-state index in [9.17, 15) is 0 Å². The van der Waals surface area contributed by atoms with Gasteiger partial charge < -0.3 is 14.6 Å². The minimum atomic E-state index is 0.0383. The number of morpholine rings is 1. The molecule has 4 nitrogen and oxygen atoms in total. The monoisotopic (exact) mass is 277 g/mol. The lowest BCUT2D eigenvalue weighted by atomic mass is 10.2. The second kappa shape index (κ2) is 5.33. The highest BCUT2D eigenvalue weighted by Gasteiger charge is 2.20. The Morgan fingerprint density at radius 2 is 2.37 bits per heavy atom. The molecule has 2 heterocycles. The lowest BCUT2D eigenvalue weighted by Gasteiger charge is -2.24. The Hall–Kier alpha value is -1.36. The van der Waals surface area contributed by atoms with E-state index in [1.54, 1.807) is 6.33 Å². The number of aromatic nitrogens is 2. The molecular formula is C14H16ClN3O. The van der Waals surface area contributed by atoms with Crippen molar-refractivity contribution in [2.45, 2.75) is 13.0 Å². The molecule has 5 heteroatoms. The van der Waals surface area contributed by atoms with Gasteiger partial charge in [0.25, 0.3) is 0 Å². The Morgan fingerprint density at radius 1 is 1.47 bits per heavy atom. The van der Waals surface area contributed by atoms with Gasteiger partial charge in [-0.3, -0.25) is 0 Å². The van der Waals surface area contributed by atoms with Gasteiger partial charge in [0.05, 0.1) is 24.8 Å². The van der Waals surface area contributed by atoms with Gasteiger partial charge in [-0.2, -0.15) is 0 Å². The fourth-order valence-electron chi connectivity index (χ4n) is 2.25. The first kappa shape index (κ1) is 12.7. The molecule has 0 bridgehead atoms. The predicted octanol–water partition coefficient (Wildman–Crippen LogP) is 2.50. The predicted molar refractivity (Wildman–Crippen MR) is 74.9 cm³/mol. The molecule has 1 aromatic heterocycles. The average Bonchev–Trinajstić information content (AvgIpc) is 2.92. The van der Waals surface area contributed by atoms with E-state index in [2.05, 4.69) is 10.3 Å². The van der Waals surface area contributed by atoms with Gasteiger partial charge in [-0.15, -0.1) is 0 Å². The van der Waals surface area contributed by atoms with Crippen molar-refractivity contribution in [2.24, 2.45) is 0 Å². The molecule has 3 rings (SSSR count). The number of halogens is 1. The molecule has 100 valence electrons. The van der Waals surface area contributed by atoms with E-state index >= 15 is 0 Å². The summed E-state index contributed by atoms with van der Waals surface area (Å²) in [5.41, 5.74) is 3.13. The third-order valence-electron chi connectivity index (χ3n) is 3.36. The highest BCUT2D eigenvalue weighted by molar-refractivity contribution is 6.31. The summed E-state index contributed by atoms with van der Waals surface area (Å²) in [6.45, 7) is 4.44. The number of hydrogen-bond acceptors (Lipinski definition) is 3. The Balaban J connectivity index is 1.96. The minimum Gasteiger partial charge on any atom is -0.369 e. The van der Waals surface area contributed by atoms with Crippen LogP contribution in [0.3, 0.4) is 0 Å². The summed E-state index contributed by atoms with van der Waals surface area (Å²) < 4.78 is 7.81. The van der Waals surface area contributed by atoms with Crippen LogP contribution in [-0.4, -0.2) is 29.2 Å². The number of benzene rings is 1. The molecular weight excluding hydrogens is 262 g/mol. The number of nitrogens with one attached hydrogen (secondary N) is 1. The van der Waals surface area contributed by atoms with Crippen molar-refractivity contribution in [2.75, 3.05) is 19.7 Å². The molecule has 1 aliphatic rings. The van der Waals surface area contributed by atoms with Crippen LogP contribution in [0.1, 0.15) is 17.4 Å². The zero-order valence-electron chi connectivity index (χ0n) is 10.8. The maximum absolute atomic E-state index is 6.19. The first-order chi connectivity index (χ1) is 9.25. The number of hydrogen-bond donors (Lipinski definition) is 1. The molecule has 0 spiro atoms. The topological polar surface area (TPSA) is 39.1 Å². The minimum absolute atomic E-state index is 0.0383. The van der Waals surface area contributed by atoms with Crippen LogP contribution in [-0.2, 0) is 4.74 Å². The third-order valence-corrected chi connectivity index (χ3v) is 3.77. The van der Waals surface area contributed by atoms with E-state index in [-0.39, 0.29) is 6.10 Å². The summed E-state index contributed by atoms with van der Waals surface area (Å²) in [6.07, 6.45) is 3.69. The molecule has 0 amide bonds. The van der Waals surface area contributed by atoms with Crippen LogP contribution >= 0.6 is 11.6 Å². The first-order valence-electron chi connectivity index (χ1n) is 6.37. The lowest BCUT2D eigenvalue weighted by Crippen LogP contribution is -2.34. The van der Waals surface area contributed by atoms with Gasteiger partial charge >= 0.3 is 0 Å². The van der Waals surface area contributed by atoms with Gasteiger partial charge in [-0.25, -0.2) is 4.98 Å². The van der Waals surface area contributed by atoms with Crippen LogP contribution in [0.25, 0.3) is 5.69 Å². The van der Waals surface area contributed by atoms with E-state index in [0.717, 1.165) is 41.7 Å². The van der Waals surface area contributed by atoms with Gasteiger partial charge in [0.1, 0.15) is 6.10 Å². The van der Waals surface area contributed by atoms with E-state index in [1.807, 2.05) is 35.9 Å². The molecule has 2 aromatic rings. The highest BCUT2D eigenvalue weighted by atomic mass is 35.5. The Morgan fingerprint density at radius 3 is 3.11 bits per heavy atom. The average molecular weight is 278 g/mol. The molecule has 0 aliphatic carbocycles. The fourth-order valence-corrected chi connectivity index (χ4v) is 2.42. The van der Waals surface area contributed by atoms with Gasteiger partial charge in [0, 0.05) is 23.8 Å². The van der Waals surface area contributed by atoms with Crippen LogP contribution < -0.4 is 5.32 Å². The first-order valence-corrected chi connectivity index (χ1v) is 6.74. The molecule has 19 heavy (non-hydrogen) atoms. The molecule has 1 aliphatic heterocycles. The fraction of sp³-hybridized carbons (Fsp3) is 0.357. The Bertz CT molecular complexity index is 576. The Kier molecular flexibility index (Phi) is 3.55. The number of imidazole rings is 1. The largest absolute Gasteiger partial charge is 0.369 e. The summed E-state index contributed by atoms with van der Waals surface area (Å²) in [4.78, 5) is 4.24. The SMILES string of the molecule is Cc1ccc(-n2cncc2C2CNCCO2)cc1Cl. The van der Waals surface area contributed by atoms with Crippen LogP contribution in [0.5, 0.6) is 0 Å². The molecule has 1 unspecified atom stereocenters. The molecule has 0 saturated carbocycles. The van der Waals surface area contributed by atoms with Crippen LogP contribution in [0.15, 0.2) is 30.7 Å². The molecule has 0 radical (unpaired) electrons. The van der Waals surface area contributed by atoms with E-state index in [1.165, 1.54) is 0 Å². The second-order valence-electron chi connectivity index (χ2n) is 4.69. The number of nitrogens with zero attached hydrogens (tertiary/aromatic N) is 2. The second-order valence-corrected chi connectivity index (χ2v) is 5.09. The van der Waals surface area contributed by atoms with Crippen molar-refractivity contribution in [3.05, 3.63) is 47.0 Å². The van der Waals surface area contributed by atoms with Crippen molar-refractivity contribution >= 4 is 11.6 Å². The maximum Gasteiger partial charge on any atom is 0.112 e. The van der Waals surface area contributed by atoms with Gasteiger partial charge in [-0.05, 0) is 24.6 Å². The quantitative estimate of drug-likeness (QED) is 0.917. The molecule has 1 fully saturated rings. The van der Waals surface area contributed by atoms with Gasteiger partial charge in [-0.1, -0.05) is 17.7 Å². The van der Waals surface area contributed by atoms with E-state index in [4.69, 9.17) is 16.3 Å². The normalized spacial score (nSPS) is 19.6. The van der Waals surface area contributed by atoms with Crippen molar-refractivity contribution in [3.63, 3.8) is 0 Å². The lowest BCUT2D eigenvalue weighted by molar-refractivity contribution is 0.0240. The van der Waals surface area contributed by atoms with Crippen molar-refractivity contribution in [1.82, 2.24) is 14.9 Å². The van der Waals surface area contributed by atoms with Crippen LogP contribution in [0, 0.1) is 6.92 Å². The molecule has 1 saturated heterocycles. The summed E-state index contributed by atoms with van der Waals surface area (Å²) in [5.74, 6) is 0.